The molecule has 0 amide bonds. The number of carbonyl (C=O) groups is 1. The second kappa shape index (κ2) is 5.67. The Morgan fingerprint density at radius 2 is 2.06 bits per heavy atom. The number of hydrogen-bond donors (Lipinski definition) is 0. The largest absolute Gasteiger partial charge is 0.482 e. The van der Waals surface area contributed by atoms with Crippen LogP contribution >= 0.6 is 0 Å². The molecule has 0 aliphatic carbocycles. The Labute approximate surface area is 100 Å². The van der Waals surface area contributed by atoms with E-state index < -0.39 is 15.8 Å². The molecule has 1 aromatic carbocycles. The highest BCUT2D eigenvalue weighted by atomic mass is 32.2. The molecular weight excluding hydrogens is 244 g/mol. The Balaban J connectivity index is 2.70. The Bertz CT molecular complexity index is 492. The monoisotopic (exact) mass is 258 g/mol. The molecule has 0 spiro atoms. The second-order valence-electron chi connectivity index (χ2n) is 3.34. The summed E-state index contributed by atoms with van der Waals surface area (Å²) < 4.78 is 32.4. The number of ether oxygens (including phenoxy) is 2. The van der Waals surface area contributed by atoms with Crippen LogP contribution in [-0.2, 0) is 19.4 Å². The predicted octanol–water partition coefficient (Wildman–Crippen LogP) is 1.03. The summed E-state index contributed by atoms with van der Waals surface area (Å²) in [5.41, 5.74) is 0. The van der Waals surface area contributed by atoms with Gasteiger partial charge in [-0.25, -0.2) is 13.2 Å². The molecular formula is C11H14O5S. The Morgan fingerprint density at radius 3 is 2.65 bits per heavy atom. The third-order valence-corrected chi connectivity index (χ3v) is 3.01. The lowest BCUT2D eigenvalue weighted by molar-refractivity contribution is -0.145. The van der Waals surface area contributed by atoms with Gasteiger partial charge < -0.3 is 9.47 Å². The third-order valence-electron chi connectivity index (χ3n) is 1.90. The first-order valence-corrected chi connectivity index (χ1v) is 6.91. The van der Waals surface area contributed by atoms with E-state index in [2.05, 4.69) is 4.74 Å². The lowest BCUT2D eigenvalue weighted by Crippen LogP contribution is -2.14. The van der Waals surface area contributed by atoms with Crippen LogP contribution in [0.2, 0.25) is 0 Å². The van der Waals surface area contributed by atoms with Crippen molar-refractivity contribution in [3.8, 4) is 5.75 Å². The van der Waals surface area contributed by atoms with Crippen LogP contribution in [0.5, 0.6) is 5.75 Å². The third kappa shape index (κ3) is 4.44. The zero-order chi connectivity index (χ0) is 12.9. The number of rotatable bonds is 5. The minimum absolute atomic E-state index is 0.152. The SMILES string of the molecule is CCOC(=O)COc1cccc(S(C)(=O)=O)c1. The number of benzene rings is 1. The predicted molar refractivity (Wildman–Crippen MR) is 61.7 cm³/mol. The van der Waals surface area contributed by atoms with E-state index in [-0.39, 0.29) is 18.1 Å². The van der Waals surface area contributed by atoms with Gasteiger partial charge >= 0.3 is 5.97 Å². The average Bonchev–Trinajstić information content (AvgIpc) is 2.26. The molecule has 0 saturated heterocycles. The fourth-order valence-corrected chi connectivity index (χ4v) is 1.80. The number of sulfone groups is 1. The molecule has 0 aromatic heterocycles. The van der Waals surface area contributed by atoms with Gasteiger partial charge in [-0.3, -0.25) is 0 Å². The summed E-state index contributed by atoms with van der Waals surface area (Å²) in [7, 11) is -3.27. The fourth-order valence-electron chi connectivity index (χ4n) is 1.14. The molecule has 0 radical (unpaired) electrons. The minimum atomic E-state index is -3.27. The van der Waals surface area contributed by atoms with E-state index in [1.807, 2.05) is 0 Å². The molecule has 0 N–H and O–H groups in total. The van der Waals surface area contributed by atoms with Crippen LogP contribution in [0.1, 0.15) is 6.92 Å². The highest BCUT2D eigenvalue weighted by Crippen LogP contribution is 2.17. The molecule has 0 bridgehead atoms. The van der Waals surface area contributed by atoms with Gasteiger partial charge in [-0.05, 0) is 25.1 Å². The molecule has 0 fully saturated rings. The Hall–Kier alpha value is -1.56. The fraction of sp³-hybridized carbons (Fsp3) is 0.364. The lowest BCUT2D eigenvalue weighted by atomic mass is 10.3. The zero-order valence-electron chi connectivity index (χ0n) is 9.67. The number of carbonyl (C=O) groups excluding carboxylic acids is 1. The highest BCUT2D eigenvalue weighted by Gasteiger charge is 2.09. The lowest BCUT2D eigenvalue weighted by Gasteiger charge is -2.06. The Kier molecular flexibility index (Phi) is 4.51. The molecule has 0 heterocycles. The van der Waals surface area contributed by atoms with E-state index in [1.54, 1.807) is 19.1 Å². The summed E-state index contributed by atoms with van der Waals surface area (Å²) in [4.78, 5) is 11.2. The van der Waals surface area contributed by atoms with Gasteiger partial charge in [-0.15, -0.1) is 0 Å². The maximum Gasteiger partial charge on any atom is 0.344 e. The van der Waals surface area contributed by atoms with Crippen LogP contribution < -0.4 is 4.74 Å². The summed E-state index contributed by atoms with van der Waals surface area (Å²) in [6.07, 6.45) is 1.11. The van der Waals surface area contributed by atoms with Gasteiger partial charge in [0.1, 0.15) is 5.75 Å². The molecule has 94 valence electrons. The maximum absolute atomic E-state index is 11.3. The standard InChI is InChI=1S/C11H14O5S/c1-3-15-11(12)8-16-9-5-4-6-10(7-9)17(2,13)14/h4-7H,3,8H2,1-2H3. The summed E-state index contributed by atoms with van der Waals surface area (Å²) in [6, 6.07) is 5.96. The van der Waals surface area contributed by atoms with Gasteiger partial charge in [0.25, 0.3) is 0 Å². The van der Waals surface area contributed by atoms with Gasteiger partial charge in [-0.1, -0.05) is 6.07 Å². The van der Waals surface area contributed by atoms with Crippen LogP contribution in [0.4, 0.5) is 0 Å². The van der Waals surface area contributed by atoms with E-state index in [1.165, 1.54) is 12.1 Å². The van der Waals surface area contributed by atoms with E-state index in [9.17, 15) is 13.2 Å². The maximum atomic E-state index is 11.3. The second-order valence-corrected chi connectivity index (χ2v) is 5.36. The molecule has 5 nitrogen and oxygen atoms in total. The summed E-state index contributed by atoms with van der Waals surface area (Å²) in [6.45, 7) is 1.74. The molecule has 17 heavy (non-hydrogen) atoms. The molecule has 0 aliphatic heterocycles. The van der Waals surface area contributed by atoms with Crippen molar-refractivity contribution in [2.75, 3.05) is 19.5 Å². The van der Waals surface area contributed by atoms with Crippen molar-refractivity contribution in [1.29, 1.82) is 0 Å². The highest BCUT2D eigenvalue weighted by molar-refractivity contribution is 7.90. The van der Waals surface area contributed by atoms with Crippen LogP contribution in [0.3, 0.4) is 0 Å². The van der Waals surface area contributed by atoms with Gasteiger partial charge in [0, 0.05) is 6.26 Å². The van der Waals surface area contributed by atoms with Crippen molar-refractivity contribution in [3.05, 3.63) is 24.3 Å². The average molecular weight is 258 g/mol. The van der Waals surface area contributed by atoms with Crippen LogP contribution in [0.15, 0.2) is 29.2 Å². The minimum Gasteiger partial charge on any atom is -0.482 e. The van der Waals surface area contributed by atoms with Crippen molar-refractivity contribution < 1.29 is 22.7 Å². The van der Waals surface area contributed by atoms with E-state index >= 15 is 0 Å². The first-order chi connectivity index (χ1) is 7.93. The van der Waals surface area contributed by atoms with Crippen molar-refractivity contribution >= 4 is 15.8 Å². The molecule has 0 unspecified atom stereocenters. The van der Waals surface area contributed by atoms with Crippen LogP contribution in [0.25, 0.3) is 0 Å². The van der Waals surface area contributed by atoms with Crippen LogP contribution in [-0.4, -0.2) is 33.9 Å². The first-order valence-electron chi connectivity index (χ1n) is 5.02. The van der Waals surface area contributed by atoms with Gasteiger partial charge in [0.05, 0.1) is 11.5 Å². The zero-order valence-corrected chi connectivity index (χ0v) is 10.5. The molecule has 1 rings (SSSR count). The smallest absolute Gasteiger partial charge is 0.344 e. The Morgan fingerprint density at radius 1 is 1.35 bits per heavy atom. The van der Waals surface area contributed by atoms with Crippen molar-refractivity contribution in [2.45, 2.75) is 11.8 Å². The normalized spacial score (nSPS) is 10.9. The molecule has 0 atom stereocenters. The first kappa shape index (κ1) is 13.5. The van der Waals surface area contributed by atoms with E-state index in [0.29, 0.717) is 5.75 Å². The number of hydrogen-bond acceptors (Lipinski definition) is 5. The molecule has 6 heteroatoms. The van der Waals surface area contributed by atoms with E-state index in [0.717, 1.165) is 6.26 Å². The summed E-state index contributed by atoms with van der Waals surface area (Å²) in [5, 5.41) is 0. The van der Waals surface area contributed by atoms with Gasteiger partial charge in [0.2, 0.25) is 0 Å². The van der Waals surface area contributed by atoms with Gasteiger partial charge in [0.15, 0.2) is 16.4 Å². The quantitative estimate of drug-likeness (QED) is 0.738. The van der Waals surface area contributed by atoms with E-state index in [4.69, 9.17) is 4.74 Å². The summed E-state index contributed by atoms with van der Waals surface area (Å²) >= 11 is 0. The molecule has 0 saturated carbocycles. The van der Waals surface area contributed by atoms with Crippen molar-refractivity contribution in [2.24, 2.45) is 0 Å². The molecule has 1 aromatic rings. The summed E-state index contributed by atoms with van der Waals surface area (Å²) in [5.74, 6) is -0.168. The topological polar surface area (TPSA) is 69.7 Å². The van der Waals surface area contributed by atoms with Crippen molar-refractivity contribution in [1.82, 2.24) is 0 Å². The number of esters is 1. The van der Waals surface area contributed by atoms with Gasteiger partial charge in [-0.2, -0.15) is 0 Å². The molecule has 0 aliphatic rings. The van der Waals surface area contributed by atoms with Crippen molar-refractivity contribution in [3.63, 3.8) is 0 Å². The van der Waals surface area contributed by atoms with Crippen LogP contribution in [0, 0.1) is 0 Å².